The van der Waals surface area contributed by atoms with Crippen LogP contribution < -0.4 is 10.6 Å². The summed E-state index contributed by atoms with van der Waals surface area (Å²) in [5.74, 6) is 0.0516. The number of carbonyl (C=O) groups is 1. The number of likely N-dealkylation sites (N-methyl/N-ethyl adjacent to an activating group) is 1. The molecule has 1 fully saturated rings. The molecule has 4 heteroatoms. The number of hydrogen-bond acceptors (Lipinski definition) is 3. The molecule has 94 valence electrons. The molecule has 0 saturated heterocycles. The van der Waals surface area contributed by atoms with E-state index in [4.69, 9.17) is 0 Å². The monoisotopic (exact) mass is 228 g/mol. The van der Waals surface area contributed by atoms with Gasteiger partial charge in [0, 0.05) is 6.04 Å². The topological polar surface area (TPSA) is 61.4 Å². The van der Waals surface area contributed by atoms with Gasteiger partial charge < -0.3 is 15.7 Å². The molecule has 0 aromatic rings. The van der Waals surface area contributed by atoms with Crippen molar-refractivity contribution >= 4 is 5.91 Å². The molecular weight excluding hydrogens is 204 g/mol. The average Bonchev–Trinajstić information content (AvgIpc) is 2.21. The molecule has 0 spiro atoms. The van der Waals surface area contributed by atoms with Crippen LogP contribution in [0.1, 0.15) is 46.5 Å². The van der Waals surface area contributed by atoms with Gasteiger partial charge in [-0.2, -0.15) is 0 Å². The average molecular weight is 228 g/mol. The highest BCUT2D eigenvalue weighted by molar-refractivity contribution is 5.85. The fourth-order valence-corrected chi connectivity index (χ4v) is 2.11. The Morgan fingerprint density at radius 2 is 1.88 bits per heavy atom. The summed E-state index contributed by atoms with van der Waals surface area (Å²) in [6.45, 7) is 6.56. The standard InChI is InChI=1S/C12H24N2O2/c1-4-13-12(2,3)11(16)14-9-5-7-10(15)8-6-9/h9-10,13,15H,4-8H2,1-3H3,(H,14,16). The van der Waals surface area contributed by atoms with Crippen LogP contribution in [0.3, 0.4) is 0 Å². The lowest BCUT2D eigenvalue weighted by atomic mass is 9.92. The lowest BCUT2D eigenvalue weighted by Gasteiger charge is -2.31. The summed E-state index contributed by atoms with van der Waals surface area (Å²) in [7, 11) is 0. The number of carbonyl (C=O) groups excluding carboxylic acids is 1. The van der Waals surface area contributed by atoms with E-state index in [1.807, 2.05) is 20.8 Å². The van der Waals surface area contributed by atoms with Crippen molar-refractivity contribution in [2.45, 2.75) is 64.1 Å². The van der Waals surface area contributed by atoms with Gasteiger partial charge in [-0.05, 0) is 46.1 Å². The molecule has 0 bridgehead atoms. The van der Waals surface area contributed by atoms with Crippen molar-refractivity contribution in [3.8, 4) is 0 Å². The number of hydrogen-bond donors (Lipinski definition) is 3. The van der Waals surface area contributed by atoms with Gasteiger partial charge in [0.25, 0.3) is 0 Å². The van der Waals surface area contributed by atoms with Crippen LogP contribution in [0, 0.1) is 0 Å². The number of rotatable bonds is 4. The van der Waals surface area contributed by atoms with Crippen molar-refractivity contribution < 1.29 is 9.90 Å². The summed E-state index contributed by atoms with van der Waals surface area (Å²) in [4.78, 5) is 12.0. The van der Waals surface area contributed by atoms with Crippen LogP contribution in [0.2, 0.25) is 0 Å². The van der Waals surface area contributed by atoms with E-state index in [-0.39, 0.29) is 18.1 Å². The molecule has 1 rings (SSSR count). The first-order valence-corrected chi connectivity index (χ1v) is 6.19. The SMILES string of the molecule is CCNC(C)(C)C(=O)NC1CCC(O)CC1. The van der Waals surface area contributed by atoms with Gasteiger partial charge in [0.1, 0.15) is 0 Å². The van der Waals surface area contributed by atoms with E-state index >= 15 is 0 Å². The van der Waals surface area contributed by atoms with Crippen molar-refractivity contribution in [3.05, 3.63) is 0 Å². The van der Waals surface area contributed by atoms with Gasteiger partial charge in [-0.3, -0.25) is 4.79 Å². The molecular formula is C12H24N2O2. The van der Waals surface area contributed by atoms with Crippen LogP contribution in [-0.2, 0) is 4.79 Å². The quantitative estimate of drug-likeness (QED) is 0.667. The molecule has 0 heterocycles. The Kier molecular flexibility index (Phi) is 4.74. The normalized spacial score (nSPS) is 26.5. The third-order valence-corrected chi connectivity index (χ3v) is 3.22. The highest BCUT2D eigenvalue weighted by Crippen LogP contribution is 2.18. The van der Waals surface area contributed by atoms with E-state index in [1.165, 1.54) is 0 Å². The highest BCUT2D eigenvalue weighted by Gasteiger charge is 2.29. The zero-order valence-electron chi connectivity index (χ0n) is 10.5. The summed E-state index contributed by atoms with van der Waals surface area (Å²) in [5, 5.41) is 15.6. The van der Waals surface area contributed by atoms with Gasteiger partial charge in [0.2, 0.25) is 5.91 Å². The third-order valence-electron chi connectivity index (χ3n) is 3.22. The molecule has 1 saturated carbocycles. The van der Waals surface area contributed by atoms with E-state index in [0.29, 0.717) is 0 Å². The number of nitrogens with one attached hydrogen (secondary N) is 2. The van der Waals surface area contributed by atoms with Gasteiger partial charge in [-0.1, -0.05) is 6.92 Å². The molecule has 1 aliphatic carbocycles. The van der Waals surface area contributed by atoms with Crippen molar-refractivity contribution in [2.24, 2.45) is 0 Å². The third kappa shape index (κ3) is 3.76. The van der Waals surface area contributed by atoms with E-state index in [1.54, 1.807) is 0 Å². The molecule has 0 radical (unpaired) electrons. The first kappa shape index (κ1) is 13.5. The number of aliphatic hydroxyl groups excluding tert-OH is 1. The van der Waals surface area contributed by atoms with Crippen molar-refractivity contribution in [2.75, 3.05) is 6.54 Å². The van der Waals surface area contributed by atoms with Crippen molar-refractivity contribution in [3.63, 3.8) is 0 Å². The van der Waals surface area contributed by atoms with Crippen LogP contribution in [0.15, 0.2) is 0 Å². The van der Waals surface area contributed by atoms with Crippen molar-refractivity contribution in [1.82, 2.24) is 10.6 Å². The number of aliphatic hydroxyl groups is 1. The summed E-state index contributed by atoms with van der Waals surface area (Å²) < 4.78 is 0. The molecule has 1 amide bonds. The second kappa shape index (κ2) is 5.64. The van der Waals surface area contributed by atoms with Gasteiger partial charge in [-0.15, -0.1) is 0 Å². The lowest BCUT2D eigenvalue weighted by Crippen LogP contribution is -2.55. The smallest absolute Gasteiger partial charge is 0.239 e. The first-order valence-electron chi connectivity index (χ1n) is 6.19. The Labute approximate surface area is 97.8 Å². The Morgan fingerprint density at radius 1 is 1.31 bits per heavy atom. The minimum absolute atomic E-state index is 0.0516. The van der Waals surface area contributed by atoms with E-state index < -0.39 is 5.54 Å². The maximum Gasteiger partial charge on any atom is 0.239 e. The summed E-state index contributed by atoms with van der Waals surface area (Å²) in [6.07, 6.45) is 3.19. The van der Waals surface area contributed by atoms with Gasteiger partial charge in [0.15, 0.2) is 0 Å². The molecule has 0 aromatic carbocycles. The zero-order valence-corrected chi connectivity index (χ0v) is 10.5. The fourth-order valence-electron chi connectivity index (χ4n) is 2.11. The predicted molar refractivity (Wildman–Crippen MR) is 64.2 cm³/mol. The highest BCUT2D eigenvalue weighted by atomic mass is 16.3. The molecule has 0 atom stereocenters. The van der Waals surface area contributed by atoms with Crippen LogP contribution in [-0.4, -0.2) is 35.2 Å². The maximum atomic E-state index is 12.0. The van der Waals surface area contributed by atoms with Crippen LogP contribution >= 0.6 is 0 Å². The second-order valence-electron chi connectivity index (χ2n) is 5.13. The van der Waals surface area contributed by atoms with E-state index in [2.05, 4.69) is 10.6 Å². The predicted octanol–water partition coefficient (Wildman–Crippen LogP) is 0.794. The summed E-state index contributed by atoms with van der Waals surface area (Å²) in [6, 6.07) is 0.230. The molecule has 4 nitrogen and oxygen atoms in total. The Bertz CT molecular complexity index is 233. The molecule has 16 heavy (non-hydrogen) atoms. The summed E-state index contributed by atoms with van der Waals surface area (Å²) >= 11 is 0. The van der Waals surface area contributed by atoms with E-state index in [9.17, 15) is 9.90 Å². The molecule has 3 N–H and O–H groups in total. The second-order valence-corrected chi connectivity index (χ2v) is 5.13. The molecule has 0 aliphatic heterocycles. The lowest BCUT2D eigenvalue weighted by molar-refractivity contribution is -0.127. The van der Waals surface area contributed by atoms with Crippen LogP contribution in [0.5, 0.6) is 0 Å². The van der Waals surface area contributed by atoms with Gasteiger partial charge in [-0.25, -0.2) is 0 Å². The first-order chi connectivity index (χ1) is 7.45. The van der Waals surface area contributed by atoms with Crippen LogP contribution in [0.4, 0.5) is 0 Å². The largest absolute Gasteiger partial charge is 0.393 e. The molecule has 0 unspecified atom stereocenters. The number of amides is 1. The Hall–Kier alpha value is -0.610. The maximum absolute atomic E-state index is 12.0. The Morgan fingerprint density at radius 3 is 2.38 bits per heavy atom. The van der Waals surface area contributed by atoms with E-state index in [0.717, 1.165) is 32.2 Å². The van der Waals surface area contributed by atoms with Crippen molar-refractivity contribution in [1.29, 1.82) is 0 Å². The van der Waals surface area contributed by atoms with Gasteiger partial charge >= 0.3 is 0 Å². The van der Waals surface area contributed by atoms with Gasteiger partial charge in [0.05, 0.1) is 11.6 Å². The van der Waals surface area contributed by atoms with Crippen LogP contribution in [0.25, 0.3) is 0 Å². The minimum Gasteiger partial charge on any atom is -0.393 e. The summed E-state index contributed by atoms with van der Waals surface area (Å²) in [5.41, 5.74) is -0.509. The Balaban J connectivity index is 2.39. The molecule has 1 aliphatic rings. The zero-order chi connectivity index (χ0) is 12.2. The minimum atomic E-state index is -0.509. The fraction of sp³-hybridized carbons (Fsp3) is 0.917. The molecule has 0 aromatic heterocycles.